The van der Waals surface area contributed by atoms with Gasteiger partial charge in [0.25, 0.3) is 0 Å². The van der Waals surface area contributed by atoms with Crippen LogP contribution >= 0.6 is 11.3 Å². The summed E-state index contributed by atoms with van der Waals surface area (Å²) in [5.41, 5.74) is 0.563. The summed E-state index contributed by atoms with van der Waals surface area (Å²) in [5.74, 6) is -0.995. The van der Waals surface area contributed by atoms with Crippen LogP contribution in [0.4, 0.5) is 4.79 Å². The van der Waals surface area contributed by atoms with Crippen molar-refractivity contribution in [2.75, 3.05) is 26.7 Å². The van der Waals surface area contributed by atoms with E-state index in [2.05, 4.69) is 0 Å². The molecule has 110 valence electrons. The van der Waals surface area contributed by atoms with Gasteiger partial charge in [0.2, 0.25) is 0 Å². The minimum Gasteiger partial charge on any atom is -0.480 e. The van der Waals surface area contributed by atoms with Gasteiger partial charge < -0.3 is 19.6 Å². The predicted molar refractivity (Wildman–Crippen MR) is 74.7 cm³/mol. The van der Waals surface area contributed by atoms with Gasteiger partial charge in [-0.2, -0.15) is 11.3 Å². The number of carboxylic acid groups (broad SMARTS) is 1. The first-order valence-corrected chi connectivity index (χ1v) is 7.21. The standard InChI is InChI=1S/C13H18N2O4S/c1-13(19-6-11(16)17)8-15(9-13)12(18)14(2)5-10-3-4-20-7-10/h3-4,7H,5-6,8-9H2,1-2H3,(H,16,17). The average molecular weight is 298 g/mol. The van der Waals surface area contributed by atoms with Crippen LogP contribution in [-0.2, 0) is 16.1 Å². The van der Waals surface area contributed by atoms with E-state index in [1.54, 1.807) is 28.2 Å². The molecular weight excluding hydrogens is 280 g/mol. The van der Waals surface area contributed by atoms with Crippen molar-refractivity contribution in [3.8, 4) is 0 Å². The Balaban J connectivity index is 1.79. The molecule has 1 N–H and O–H groups in total. The number of hydrogen-bond acceptors (Lipinski definition) is 4. The average Bonchev–Trinajstić information content (AvgIpc) is 2.84. The molecule has 1 aromatic rings. The van der Waals surface area contributed by atoms with E-state index in [4.69, 9.17) is 9.84 Å². The fourth-order valence-electron chi connectivity index (χ4n) is 2.19. The molecule has 1 saturated heterocycles. The first kappa shape index (κ1) is 14.8. The fraction of sp³-hybridized carbons (Fsp3) is 0.538. The van der Waals surface area contributed by atoms with Gasteiger partial charge in [0.05, 0.1) is 13.1 Å². The smallest absolute Gasteiger partial charge is 0.329 e. The van der Waals surface area contributed by atoms with Crippen molar-refractivity contribution < 1.29 is 19.4 Å². The normalized spacial score (nSPS) is 16.6. The Morgan fingerprint density at radius 3 is 2.80 bits per heavy atom. The summed E-state index contributed by atoms with van der Waals surface area (Å²) in [4.78, 5) is 25.9. The molecule has 1 fully saturated rings. The van der Waals surface area contributed by atoms with Gasteiger partial charge in [0.15, 0.2) is 0 Å². The largest absolute Gasteiger partial charge is 0.480 e. The van der Waals surface area contributed by atoms with Crippen molar-refractivity contribution >= 4 is 23.3 Å². The summed E-state index contributed by atoms with van der Waals surface area (Å²) in [5, 5.41) is 12.6. The zero-order chi connectivity index (χ0) is 14.8. The lowest BCUT2D eigenvalue weighted by Gasteiger charge is -2.48. The van der Waals surface area contributed by atoms with Gasteiger partial charge in [-0.15, -0.1) is 0 Å². The van der Waals surface area contributed by atoms with Crippen molar-refractivity contribution in [1.29, 1.82) is 0 Å². The van der Waals surface area contributed by atoms with Gasteiger partial charge in [-0.05, 0) is 29.3 Å². The molecule has 2 heterocycles. The molecule has 1 aliphatic heterocycles. The molecule has 0 aliphatic carbocycles. The lowest BCUT2D eigenvalue weighted by atomic mass is 9.97. The van der Waals surface area contributed by atoms with Crippen molar-refractivity contribution in [2.45, 2.75) is 19.1 Å². The van der Waals surface area contributed by atoms with E-state index in [1.807, 2.05) is 23.8 Å². The van der Waals surface area contributed by atoms with Gasteiger partial charge in [0.1, 0.15) is 12.2 Å². The predicted octanol–water partition coefficient (Wildman–Crippen LogP) is 1.48. The maximum Gasteiger partial charge on any atom is 0.329 e. The minimum atomic E-state index is -0.995. The Morgan fingerprint density at radius 1 is 1.55 bits per heavy atom. The maximum absolute atomic E-state index is 12.2. The molecule has 1 aliphatic rings. The summed E-state index contributed by atoms with van der Waals surface area (Å²) in [6, 6.07) is 1.93. The van der Waals surface area contributed by atoms with Gasteiger partial charge >= 0.3 is 12.0 Å². The van der Waals surface area contributed by atoms with E-state index < -0.39 is 11.6 Å². The number of carbonyl (C=O) groups excluding carboxylic acids is 1. The number of carbonyl (C=O) groups is 2. The molecule has 0 spiro atoms. The SMILES string of the molecule is CN(Cc1ccsc1)C(=O)N1CC(C)(OCC(=O)O)C1. The van der Waals surface area contributed by atoms with E-state index in [0.717, 1.165) is 5.56 Å². The van der Waals surface area contributed by atoms with E-state index in [-0.39, 0.29) is 12.6 Å². The number of hydrogen-bond donors (Lipinski definition) is 1. The van der Waals surface area contributed by atoms with Crippen LogP contribution in [-0.4, -0.2) is 59.3 Å². The summed E-state index contributed by atoms with van der Waals surface area (Å²) < 4.78 is 5.28. The van der Waals surface area contributed by atoms with Crippen molar-refractivity contribution in [3.05, 3.63) is 22.4 Å². The zero-order valence-corrected chi connectivity index (χ0v) is 12.4. The Kier molecular flexibility index (Phi) is 4.29. The second-order valence-electron chi connectivity index (χ2n) is 5.26. The number of thiophene rings is 1. The highest BCUT2D eigenvalue weighted by molar-refractivity contribution is 7.07. The van der Waals surface area contributed by atoms with Crippen LogP contribution in [0, 0.1) is 0 Å². The van der Waals surface area contributed by atoms with E-state index in [9.17, 15) is 9.59 Å². The third-order valence-electron chi connectivity index (χ3n) is 3.19. The first-order chi connectivity index (χ1) is 9.39. The van der Waals surface area contributed by atoms with Gasteiger partial charge in [-0.25, -0.2) is 9.59 Å². The van der Waals surface area contributed by atoms with E-state index >= 15 is 0 Å². The number of likely N-dealkylation sites (tertiary alicyclic amines) is 1. The quantitative estimate of drug-likeness (QED) is 0.894. The van der Waals surface area contributed by atoms with Gasteiger partial charge in [-0.1, -0.05) is 0 Å². The minimum absolute atomic E-state index is 0.0624. The third kappa shape index (κ3) is 3.49. The topological polar surface area (TPSA) is 70.1 Å². The third-order valence-corrected chi connectivity index (χ3v) is 3.92. The van der Waals surface area contributed by atoms with Crippen molar-refractivity contribution in [2.24, 2.45) is 0 Å². The number of rotatable bonds is 5. The molecule has 7 heteroatoms. The Bertz CT molecular complexity index is 483. The highest BCUT2D eigenvalue weighted by atomic mass is 32.1. The zero-order valence-electron chi connectivity index (χ0n) is 11.5. The maximum atomic E-state index is 12.2. The molecule has 20 heavy (non-hydrogen) atoms. The molecule has 0 radical (unpaired) electrons. The molecule has 0 atom stereocenters. The summed E-state index contributed by atoms with van der Waals surface area (Å²) in [7, 11) is 1.76. The van der Waals surface area contributed by atoms with Crippen molar-refractivity contribution in [1.82, 2.24) is 9.80 Å². The molecule has 2 rings (SSSR count). The molecule has 1 aromatic heterocycles. The van der Waals surface area contributed by atoms with Crippen LogP contribution in [0.5, 0.6) is 0 Å². The highest BCUT2D eigenvalue weighted by Gasteiger charge is 2.43. The molecule has 6 nitrogen and oxygen atoms in total. The Morgan fingerprint density at radius 2 is 2.25 bits per heavy atom. The molecule has 0 unspecified atom stereocenters. The molecular formula is C13H18N2O4S. The van der Waals surface area contributed by atoms with E-state index in [1.165, 1.54) is 0 Å². The lowest BCUT2D eigenvalue weighted by molar-refractivity contribution is -0.160. The van der Waals surface area contributed by atoms with Crippen LogP contribution in [0.1, 0.15) is 12.5 Å². The number of urea groups is 1. The molecule has 0 saturated carbocycles. The van der Waals surface area contributed by atoms with Crippen LogP contribution in [0.3, 0.4) is 0 Å². The lowest BCUT2D eigenvalue weighted by Crippen LogP contribution is -2.65. The number of nitrogens with zero attached hydrogens (tertiary/aromatic N) is 2. The van der Waals surface area contributed by atoms with Gasteiger partial charge in [-0.3, -0.25) is 0 Å². The van der Waals surface area contributed by atoms with Gasteiger partial charge in [0, 0.05) is 13.6 Å². The number of aliphatic carboxylic acids is 1. The molecule has 2 amide bonds. The van der Waals surface area contributed by atoms with Crippen LogP contribution in [0.25, 0.3) is 0 Å². The Labute approximate surface area is 121 Å². The second-order valence-corrected chi connectivity index (χ2v) is 6.04. The second kappa shape index (κ2) is 5.80. The molecule has 0 aromatic carbocycles. The number of amides is 2. The number of carboxylic acids is 1. The first-order valence-electron chi connectivity index (χ1n) is 6.26. The molecule has 0 bridgehead atoms. The number of ether oxygens (including phenoxy) is 1. The van der Waals surface area contributed by atoms with Crippen LogP contribution in [0.15, 0.2) is 16.8 Å². The van der Waals surface area contributed by atoms with E-state index in [0.29, 0.717) is 19.6 Å². The van der Waals surface area contributed by atoms with Crippen molar-refractivity contribution in [3.63, 3.8) is 0 Å². The summed E-state index contributed by atoms with van der Waals surface area (Å²) >= 11 is 1.60. The summed E-state index contributed by atoms with van der Waals surface area (Å²) in [6.07, 6.45) is 0. The Hall–Kier alpha value is -1.60. The fourth-order valence-corrected chi connectivity index (χ4v) is 2.85. The monoisotopic (exact) mass is 298 g/mol. The van der Waals surface area contributed by atoms with Crippen LogP contribution in [0.2, 0.25) is 0 Å². The van der Waals surface area contributed by atoms with Crippen LogP contribution < -0.4 is 0 Å². The summed E-state index contributed by atoms with van der Waals surface area (Å²) in [6.45, 7) is 2.91. The highest BCUT2D eigenvalue weighted by Crippen LogP contribution is 2.25.